The van der Waals surface area contributed by atoms with E-state index in [2.05, 4.69) is 6.92 Å². The molecule has 0 amide bonds. The predicted molar refractivity (Wildman–Crippen MR) is 144 cm³/mol. The molecule has 0 spiro atoms. The van der Waals surface area contributed by atoms with Crippen molar-refractivity contribution in [2.45, 2.75) is 116 Å². The highest BCUT2D eigenvalue weighted by atomic mass is 31.2. The maximum Gasteiger partial charge on any atom is 0.305 e. The molecule has 0 aromatic heterocycles. The molecule has 0 aliphatic rings. The summed E-state index contributed by atoms with van der Waals surface area (Å²) in [6.45, 7) is 3.57. The summed E-state index contributed by atoms with van der Waals surface area (Å²) in [5, 5.41) is 0. The van der Waals surface area contributed by atoms with Crippen molar-refractivity contribution in [1.29, 1.82) is 0 Å². The van der Waals surface area contributed by atoms with E-state index in [9.17, 15) is 19.0 Å². The number of carbonyl (C=O) groups excluding carboxylic acids is 2. The molecular formula is C27H54NO8P. The number of esters is 2. The van der Waals surface area contributed by atoms with Gasteiger partial charge in [-0.05, 0) is 6.42 Å². The Morgan fingerprint density at radius 2 is 1.32 bits per heavy atom. The van der Waals surface area contributed by atoms with E-state index in [1.807, 2.05) is 21.1 Å². The van der Waals surface area contributed by atoms with Crippen LogP contribution in [0, 0.1) is 0 Å². The first-order valence-electron chi connectivity index (χ1n) is 14.2. The third-order valence-corrected chi connectivity index (χ3v) is 6.91. The topological polar surface area (TPSA) is 111 Å². The van der Waals surface area contributed by atoms with Crippen LogP contribution in [0.15, 0.2) is 0 Å². The number of hydrogen-bond acceptors (Lipinski definition) is 8. The number of carbonyl (C=O) groups is 2. The lowest BCUT2D eigenvalue weighted by molar-refractivity contribution is -0.870. The number of phosphoric ester groups is 1. The Morgan fingerprint density at radius 3 is 1.81 bits per heavy atom. The normalized spacial score (nSPS) is 14.2. The van der Waals surface area contributed by atoms with E-state index in [1.165, 1.54) is 71.1 Å². The molecule has 0 aromatic carbocycles. The summed E-state index contributed by atoms with van der Waals surface area (Å²) in [5.74, 6) is -0.873. The standard InChI is InChI=1S/C27H54NO8P/c1-6-7-8-9-10-11-12-13-14-15-16-17-18-19-27(30)33-22-20-26(36-25(2)29)24-35-37(31,32)34-23-21-28(3,4)5/h26H,6-24H2,1-5H3. The maximum absolute atomic E-state index is 12.0. The molecule has 0 aliphatic carbocycles. The first kappa shape index (κ1) is 36.0. The molecule has 0 saturated heterocycles. The zero-order valence-corrected chi connectivity index (χ0v) is 25.1. The van der Waals surface area contributed by atoms with Crippen LogP contribution in [0.5, 0.6) is 0 Å². The van der Waals surface area contributed by atoms with Crippen LogP contribution in [-0.4, -0.2) is 70.0 Å². The van der Waals surface area contributed by atoms with Crippen LogP contribution in [0.4, 0.5) is 0 Å². The van der Waals surface area contributed by atoms with E-state index in [0.717, 1.165) is 19.3 Å². The smallest absolute Gasteiger partial charge is 0.305 e. The minimum atomic E-state index is -4.52. The summed E-state index contributed by atoms with van der Waals surface area (Å²) in [6.07, 6.45) is 15.8. The SMILES string of the molecule is CCCCCCCCCCCCCCCC(=O)OCCC(COP(=O)([O-])OCC[N+](C)(C)C)OC(C)=O. The molecule has 37 heavy (non-hydrogen) atoms. The number of ether oxygens (including phenoxy) is 2. The monoisotopic (exact) mass is 551 g/mol. The average Bonchev–Trinajstić information content (AvgIpc) is 2.79. The largest absolute Gasteiger partial charge is 0.756 e. The van der Waals surface area contributed by atoms with Gasteiger partial charge in [0.2, 0.25) is 0 Å². The van der Waals surface area contributed by atoms with Gasteiger partial charge in [0.25, 0.3) is 7.82 Å². The molecule has 0 aliphatic heterocycles. The van der Waals surface area contributed by atoms with Gasteiger partial charge in [0.15, 0.2) is 0 Å². The second-order valence-corrected chi connectivity index (χ2v) is 12.2. The fourth-order valence-electron chi connectivity index (χ4n) is 3.71. The van der Waals surface area contributed by atoms with E-state index < -0.39 is 19.9 Å². The van der Waals surface area contributed by atoms with Gasteiger partial charge in [-0.15, -0.1) is 0 Å². The van der Waals surface area contributed by atoms with Gasteiger partial charge >= 0.3 is 11.9 Å². The van der Waals surface area contributed by atoms with Crippen LogP contribution < -0.4 is 4.89 Å². The Bertz CT molecular complexity index is 638. The summed E-state index contributed by atoms with van der Waals surface area (Å²) in [7, 11) is 1.22. The number of hydrogen-bond donors (Lipinski definition) is 0. The highest BCUT2D eigenvalue weighted by Crippen LogP contribution is 2.38. The van der Waals surface area contributed by atoms with Crippen molar-refractivity contribution < 1.29 is 42.1 Å². The van der Waals surface area contributed by atoms with Crippen molar-refractivity contribution in [3.05, 3.63) is 0 Å². The summed E-state index contributed by atoms with van der Waals surface area (Å²) < 4.78 is 32.5. The van der Waals surface area contributed by atoms with Gasteiger partial charge in [-0.2, -0.15) is 0 Å². The van der Waals surface area contributed by atoms with Crippen LogP contribution in [0.3, 0.4) is 0 Å². The summed E-state index contributed by atoms with van der Waals surface area (Å²) in [6, 6.07) is 0. The predicted octanol–water partition coefficient (Wildman–Crippen LogP) is 5.54. The minimum absolute atomic E-state index is 0.0146. The van der Waals surface area contributed by atoms with Crippen molar-refractivity contribution in [2.24, 2.45) is 0 Å². The van der Waals surface area contributed by atoms with Gasteiger partial charge in [0.05, 0.1) is 34.4 Å². The summed E-state index contributed by atoms with van der Waals surface area (Å²) in [5.41, 5.74) is 0. The molecule has 2 atom stereocenters. The van der Waals surface area contributed by atoms with Crippen LogP contribution >= 0.6 is 7.82 Å². The fraction of sp³-hybridized carbons (Fsp3) is 0.926. The van der Waals surface area contributed by atoms with Crippen LogP contribution in [0.2, 0.25) is 0 Å². The van der Waals surface area contributed by atoms with E-state index in [4.69, 9.17) is 18.5 Å². The second kappa shape index (κ2) is 21.9. The molecule has 0 aromatic rings. The number of quaternary nitrogens is 1. The first-order valence-corrected chi connectivity index (χ1v) is 15.6. The number of nitrogens with zero attached hydrogens (tertiary/aromatic N) is 1. The average molecular weight is 552 g/mol. The zero-order chi connectivity index (χ0) is 28.0. The molecule has 0 heterocycles. The van der Waals surface area contributed by atoms with Gasteiger partial charge in [-0.25, -0.2) is 0 Å². The molecule has 220 valence electrons. The Hall–Kier alpha value is -0.990. The number of phosphoric acid groups is 1. The van der Waals surface area contributed by atoms with Crippen LogP contribution in [0.25, 0.3) is 0 Å². The van der Waals surface area contributed by atoms with Gasteiger partial charge in [-0.3, -0.25) is 14.2 Å². The second-order valence-electron chi connectivity index (χ2n) is 10.8. The van der Waals surface area contributed by atoms with Gasteiger partial charge in [0, 0.05) is 19.8 Å². The van der Waals surface area contributed by atoms with Crippen molar-refractivity contribution in [1.82, 2.24) is 0 Å². The Morgan fingerprint density at radius 1 is 0.811 bits per heavy atom. The molecule has 0 N–H and O–H groups in total. The third kappa shape index (κ3) is 26.4. The lowest BCUT2D eigenvalue weighted by atomic mass is 10.0. The lowest BCUT2D eigenvalue weighted by Crippen LogP contribution is -2.37. The molecule has 9 nitrogen and oxygen atoms in total. The highest BCUT2D eigenvalue weighted by molar-refractivity contribution is 7.45. The Balaban J connectivity index is 3.91. The van der Waals surface area contributed by atoms with Crippen molar-refractivity contribution in [3.63, 3.8) is 0 Å². The Kier molecular flexibility index (Phi) is 21.3. The summed E-state index contributed by atoms with van der Waals surface area (Å²) >= 11 is 0. The van der Waals surface area contributed by atoms with Crippen LogP contribution in [0.1, 0.15) is 110 Å². The summed E-state index contributed by atoms with van der Waals surface area (Å²) in [4.78, 5) is 35.3. The molecule has 0 radical (unpaired) electrons. The van der Waals surface area contributed by atoms with Gasteiger partial charge < -0.3 is 27.9 Å². The van der Waals surface area contributed by atoms with E-state index in [1.54, 1.807) is 0 Å². The number of likely N-dealkylation sites (N-methyl/N-ethyl adjacent to an activating group) is 1. The van der Waals surface area contributed by atoms with Crippen molar-refractivity contribution in [3.8, 4) is 0 Å². The molecule has 0 rings (SSSR count). The maximum atomic E-state index is 12.0. The number of unbranched alkanes of at least 4 members (excludes halogenated alkanes) is 12. The third-order valence-electron chi connectivity index (χ3n) is 5.95. The van der Waals surface area contributed by atoms with E-state index >= 15 is 0 Å². The van der Waals surface area contributed by atoms with E-state index in [0.29, 0.717) is 17.4 Å². The van der Waals surface area contributed by atoms with Gasteiger partial charge in [0.1, 0.15) is 19.3 Å². The number of rotatable bonds is 25. The van der Waals surface area contributed by atoms with Gasteiger partial charge in [-0.1, -0.05) is 84.0 Å². The highest BCUT2D eigenvalue weighted by Gasteiger charge is 2.19. The van der Waals surface area contributed by atoms with Crippen molar-refractivity contribution in [2.75, 3.05) is 47.5 Å². The fourth-order valence-corrected chi connectivity index (χ4v) is 4.44. The molecule has 0 saturated carbocycles. The molecule has 0 fully saturated rings. The van der Waals surface area contributed by atoms with Crippen molar-refractivity contribution >= 4 is 19.8 Å². The minimum Gasteiger partial charge on any atom is -0.756 e. The quantitative estimate of drug-likeness (QED) is 0.0629. The first-order chi connectivity index (χ1) is 17.4. The van der Waals surface area contributed by atoms with Crippen LogP contribution in [-0.2, 0) is 32.7 Å². The molecule has 10 heteroatoms. The lowest BCUT2D eigenvalue weighted by Gasteiger charge is -2.28. The molecular weight excluding hydrogens is 497 g/mol. The Labute approximate surface area is 225 Å². The van der Waals surface area contributed by atoms with E-state index in [-0.39, 0.29) is 32.2 Å². The zero-order valence-electron chi connectivity index (χ0n) is 24.2. The molecule has 0 bridgehead atoms. The molecule has 2 unspecified atom stereocenters.